The summed E-state index contributed by atoms with van der Waals surface area (Å²) in [6.45, 7) is 6.30. The SMILES string of the molecule is CN=C(NCC1(N(C)C)CCOCC1)NC1CCN(CC2CCCC2)C1. The molecule has 26 heavy (non-hydrogen) atoms. The minimum atomic E-state index is 0.167. The molecule has 0 aromatic carbocycles. The van der Waals surface area contributed by atoms with Gasteiger partial charge in [-0.1, -0.05) is 12.8 Å². The zero-order chi connectivity index (χ0) is 18.4. The summed E-state index contributed by atoms with van der Waals surface area (Å²) in [5.41, 5.74) is 0.167. The highest BCUT2D eigenvalue weighted by Gasteiger charge is 2.35. The molecule has 0 aromatic rings. The van der Waals surface area contributed by atoms with Gasteiger partial charge in [-0.05, 0) is 52.1 Å². The third-order valence-electron chi connectivity index (χ3n) is 6.79. The molecular weight excluding hydrogens is 326 g/mol. The number of nitrogens with one attached hydrogen (secondary N) is 2. The van der Waals surface area contributed by atoms with Crippen molar-refractivity contribution in [2.75, 3.05) is 60.5 Å². The molecule has 1 aliphatic carbocycles. The fourth-order valence-electron chi connectivity index (χ4n) is 4.84. The molecule has 0 aromatic heterocycles. The second-order valence-corrected chi connectivity index (χ2v) is 8.70. The van der Waals surface area contributed by atoms with Gasteiger partial charge in [0.05, 0.1) is 0 Å². The van der Waals surface area contributed by atoms with Gasteiger partial charge in [-0.2, -0.15) is 0 Å². The summed E-state index contributed by atoms with van der Waals surface area (Å²) >= 11 is 0. The first-order valence-corrected chi connectivity index (χ1v) is 10.6. The predicted molar refractivity (Wildman–Crippen MR) is 108 cm³/mol. The minimum absolute atomic E-state index is 0.167. The van der Waals surface area contributed by atoms with Crippen molar-refractivity contribution < 1.29 is 4.74 Å². The standard InChI is InChI=1S/C20H39N5O/c1-21-19(22-16-20(24(2)3)9-12-26-13-10-20)23-18-8-11-25(15-18)14-17-6-4-5-7-17/h17-18H,4-16H2,1-3H3,(H2,21,22,23). The van der Waals surface area contributed by atoms with Crippen molar-refractivity contribution in [3.8, 4) is 0 Å². The smallest absolute Gasteiger partial charge is 0.191 e. The number of aliphatic imine (C=N–C) groups is 1. The van der Waals surface area contributed by atoms with E-state index in [1.165, 1.54) is 45.2 Å². The van der Waals surface area contributed by atoms with Gasteiger partial charge in [-0.3, -0.25) is 4.99 Å². The normalized spacial score (nSPS) is 28.0. The van der Waals surface area contributed by atoms with Gasteiger partial charge in [0, 0.05) is 58.0 Å². The molecular formula is C20H39N5O. The van der Waals surface area contributed by atoms with Crippen LogP contribution in [0.2, 0.25) is 0 Å². The van der Waals surface area contributed by atoms with Gasteiger partial charge in [0.2, 0.25) is 0 Å². The fraction of sp³-hybridized carbons (Fsp3) is 0.950. The summed E-state index contributed by atoms with van der Waals surface area (Å²) in [4.78, 5) is 9.49. The number of guanidine groups is 1. The van der Waals surface area contributed by atoms with Crippen molar-refractivity contribution in [1.29, 1.82) is 0 Å². The van der Waals surface area contributed by atoms with Crippen LogP contribution in [0.25, 0.3) is 0 Å². The molecule has 6 heteroatoms. The van der Waals surface area contributed by atoms with Crippen molar-refractivity contribution in [2.24, 2.45) is 10.9 Å². The summed E-state index contributed by atoms with van der Waals surface area (Å²) in [6, 6.07) is 0.521. The van der Waals surface area contributed by atoms with E-state index in [-0.39, 0.29) is 5.54 Å². The topological polar surface area (TPSA) is 52.1 Å². The van der Waals surface area contributed by atoms with Crippen molar-refractivity contribution in [2.45, 2.75) is 56.5 Å². The Bertz CT molecular complexity index is 455. The van der Waals surface area contributed by atoms with E-state index < -0.39 is 0 Å². The Hall–Kier alpha value is -0.850. The summed E-state index contributed by atoms with van der Waals surface area (Å²) in [5, 5.41) is 7.26. The van der Waals surface area contributed by atoms with E-state index in [4.69, 9.17) is 4.74 Å². The fourth-order valence-corrected chi connectivity index (χ4v) is 4.84. The van der Waals surface area contributed by atoms with Crippen LogP contribution in [-0.4, -0.2) is 87.9 Å². The van der Waals surface area contributed by atoms with Gasteiger partial charge in [-0.15, -0.1) is 0 Å². The Morgan fingerprint density at radius 3 is 2.58 bits per heavy atom. The number of likely N-dealkylation sites (tertiary alicyclic amines) is 1. The number of ether oxygens (including phenoxy) is 1. The lowest BCUT2D eigenvalue weighted by Crippen LogP contribution is -2.57. The largest absolute Gasteiger partial charge is 0.381 e. The second-order valence-electron chi connectivity index (χ2n) is 8.70. The van der Waals surface area contributed by atoms with Gasteiger partial charge in [0.15, 0.2) is 5.96 Å². The molecule has 150 valence electrons. The Morgan fingerprint density at radius 1 is 1.19 bits per heavy atom. The van der Waals surface area contributed by atoms with E-state index in [0.29, 0.717) is 6.04 Å². The first kappa shape index (κ1) is 19.9. The Morgan fingerprint density at radius 2 is 1.92 bits per heavy atom. The van der Waals surface area contributed by atoms with Crippen LogP contribution < -0.4 is 10.6 Å². The van der Waals surface area contributed by atoms with Crippen LogP contribution in [0.3, 0.4) is 0 Å². The molecule has 2 saturated heterocycles. The molecule has 3 fully saturated rings. The molecule has 3 aliphatic rings. The van der Waals surface area contributed by atoms with Crippen LogP contribution in [0.1, 0.15) is 44.9 Å². The van der Waals surface area contributed by atoms with E-state index in [2.05, 4.69) is 39.5 Å². The molecule has 0 spiro atoms. The zero-order valence-electron chi connectivity index (χ0n) is 17.1. The quantitative estimate of drug-likeness (QED) is 0.552. The number of rotatable bonds is 6. The van der Waals surface area contributed by atoms with Crippen LogP contribution in [0.5, 0.6) is 0 Å². The monoisotopic (exact) mass is 365 g/mol. The summed E-state index contributed by atoms with van der Waals surface area (Å²) in [6.07, 6.45) is 9.12. The van der Waals surface area contributed by atoms with E-state index in [9.17, 15) is 0 Å². The third-order valence-corrected chi connectivity index (χ3v) is 6.79. The first-order chi connectivity index (χ1) is 12.6. The van der Waals surface area contributed by atoms with Crippen molar-refractivity contribution >= 4 is 5.96 Å². The lowest BCUT2D eigenvalue weighted by molar-refractivity contribution is -0.00502. The molecule has 2 aliphatic heterocycles. The van der Waals surface area contributed by atoms with E-state index >= 15 is 0 Å². The highest BCUT2D eigenvalue weighted by Crippen LogP contribution is 2.27. The predicted octanol–water partition coefficient (Wildman–Crippen LogP) is 1.53. The van der Waals surface area contributed by atoms with Gasteiger partial charge in [0.1, 0.15) is 0 Å². The van der Waals surface area contributed by atoms with E-state index in [1.54, 1.807) is 0 Å². The highest BCUT2D eigenvalue weighted by atomic mass is 16.5. The van der Waals surface area contributed by atoms with Crippen molar-refractivity contribution in [3.63, 3.8) is 0 Å². The number of hydrogen-bond acceptors (Lipinski definition) is 4. The molecule has 0 bridgehead atoms. The molecule has 1 unspecified atom stereocenters. The molecule has 0 radical (unpaired) electrons. The Kier molecular flexibility index (Phi) is 7.18. The number of hydrogen-bond donors (Lipinski definition) is 2. The summed E-state index contributed by atoms with van der Waals surface area (Å²) in [7, 11) is 6.25. The van der Waals surface area contributed by atoms with Crippen LogP contribution in [0.15, 0.2) is 4.99 Å². The molecule has 1 saturated carbocycles. The summed E-state index contributed by atoms with van der Waals surface area (Å²) < 4.78 is 5.58. The Labute approximate surface area is 159 Å². The Balaban J connectivity index is 1.44. The van der Waals surface area contributed by atoms with Crippen molar-refractivity contribution in [1.82, 2.24) is 20.4 Å². The molecule has 3 rings (SSSR count). The van der Waals surface area contributed by atoms with Crippen molar-refractivity contribution in [3.05, 3.63) is 0 Å². The second kappa shape index (κ2) is 9.38. The maximum atomic E-state index is 5.58. The summed E-state index contributed by atoms with van der Waals surface area (Å²) in [5.74, 6) is 1.89. The molecule has 2 heterocycles. The van der Waals surface area contributed by atoms with E-state index in [1.807, 2.05) is 7.05 Å². The average molecular weight is 366 g/mol. The van der Waals surface area contributed by atoms with Crippen LogP contribution >= 0.6 is 0 Å². The molecule has 2 N–H and O–H groups in total. The zero-order valence-corrected chi connectivity index (χ0v) is 17.1. The minimum Gasteiger partial charge on any atom is -0.381 e. The first-order valence-electron chi connectivity index (χ1n) is 10.6. The molecule has 0 amide bonds. The van der Waals surface area contributed by atoms with Crippen LogP contribution in [0, 0.1) is 5.92 Å². The maximum Gasteiger partial charge on any atom is 0.191 e. The van der Waals surface area contributed by atoms with Crippen LogP contribution in [-0.2, 0) is 4.74 Å². The number of nitrogens with zero attached hydrogens (tertiary/aromatic N) is 3. The molecule has 1 atom stereocenters. The molecule has 6 nitrogen and oxygen atoms in total. The van der Waals surface area contributed by atoms with E-state index in [0.717, 1.165) is 51.0 Å². The average Bonchev–Trinajstić information content (AvgIpc) is 3.31. The maximum absolute atomic E-state index is 5.58. The van der Waals surface area contributed by atoms with Gasteiger partial charge < -0.3 is 25.2 Å². The van der Waals surface area contributed by atoms with Gasteiger partial charge in [-0.25, -0.2) is 0 Å². The lowest BCUT2D eigenvalue weighted by Gasteiger charge is -2.43. The highest BCUT2D eigenvalue weighted by molar-refractivity contribution is 5.80. The van der Waals surface area contributed by atoms with Gasteiger partial charge in [0.25, 0.3) is 0 Å². The lowest BCUT2D eigenvalue weighted by atomic mass is 9.88. The van der Waals surface area contributed by atoms with Gasteiger partial charge >= 0.3 is 0 Å². The van der Waals surface area contributed by atoms with Crippen LogP contribution in [0.4, 0.5) is 0 Å². The number of likely N-dealkylation sites (N-methyl/N-ethyl adjacent to an activating group) is 1. The third kappa shape index (κ3) is 5.11.